The molecule has 13 aliphatic rings. The summed E-state index contributed by atoms with van der Waals surface area (Å²) < 4.78 is 17.5. The molecule has 0 saturated heterocycles. The van der Waals surface area contributed by atoms with Crippen LogP contribution >= 0.6 is 0 Å². The van der Waals surface area contributed by atoms with Gasteiger partial charge in [0.25, 0.3) is 0 Å². The number of Topliss-reactive ketones (excluding diaryl/α,β-unsaturated/α-hetero) is 3. The number of halogens is 1. The van der Waals surface area contributed by atoms with E-state index in [2.05, 4.69) is 54.2 Å². The molecule has 0 radical (unpaired) electrons. The zero-order valence-corrected chi connectivity index (χ0v) is 59.6. The van der Waals surface area contributed by atoms with Gasteiger partial charge in [-0.3, -0.25) is 28.7 Å². The highest BCUT2D eigenvalue weighted by molar-refractivity contribution is 5.85. The van der Waals surface area contributed by atoms with Gasteiger partial charge in [0.15, 0.2) is 17.3 Å². The van der Waals surface area contributed by atoms with Crippen molar-refractivity contribution in [1.82, 2.24) is 39.5 Å². The van der Waals surface area contributed by atoms with Gasteiger partial charge in [-0.05, 0) is 355 Å². The van der Waals surface area contributed by atoms with Gasteiger partial charge in [-0.25, -0.2) is 4.39 Å². The normalized spacial score (nSPS) is 43.8. The van der Waals surface area contributed by atoms with Gasteiger partial charge in [0.2, 0.25) is 0 Å². The number of benzene rings is 1. The van der Waals surface area contributed by atoms with Crippen LogP contribution in [0.5, 0.6) is 0 Å². The summed E-state index contributed by atoms with van der Waals surface area (Å²) in [5, 5.41) is 50.9. The molecule has 12 saturated carbocycles. The maximum absolute atomic E-state index is 13.8. The van der Waals surface area contributed by atoms with Gasteiger partial charge in [0, 0.05) is 35.5 Å². The van der Waals surface area contributed by atoms with Gasteiger partial charge in [-0.15, -0.1) is 0 Å². The van der Waals surface area contributed by atoms with Crippen molar-refractivity contribution in [1.29, 1.82) is 0 Å². The Kier molecular flexibility index (Phi) is 17.5. The Morgan fingerprint density at radius 2 is 0.948 bits per heavy atom. The Hall–Kier alpha value is -4.73. The molecule has 4 heterocycles. The third-order valence-electron chi connectivity index (χ3n) is 31.7. The van der Waals surface area contributed by atoms with Crippen molar-refractivity contribution in [2.24, 2.45) is 123 Å². The summed E-state index contributed by atoms with van der Waals surface area (Å²) in [6.45, 7) is 14.4. The third kappa shape index (κ3) is 12.2. The van der Waals surface area contributed by atoms with Crippen LogP contribution < -0.4 is 0 Å². The minimum Gasteiger partial charge on any atom is -0.390 e. The number of carbonyl (C=O) groups excluding carboxylic acids is 3. The number of hydrogen-bond donors (Lipinski definition) is 3. The van der Waals surface area contributed by atoms with Gasteiger partial charge in [-0.1, -0.05) is 20.8 Å². The predicted octanol–water partition coefficient (Wildman–Crippen LogP) is 15.5. The molecule has 526 valence electrons. The molecule has 4 aromatic heterocycles. The number of carbonyl (C=O) groups is 3. The van der Waals surface area contributed by atoms with Crippen LogP contribution in [0.25, 0.3) is 21.9 Å². The van der Waals surface area contributed by atoms with Gasteiger partial charge in [0.1, 0.15) is 29.9 Å². The van der Waals surface area contributed by atoms with Crippen LogP contribution in [0.15, 0.2) is 49.1 Å². The van der Waals surface area contributed by atoms with Crippen LogP contribution in [-0.4, -0.2) is 89.0 Å². The monoisotopic (exact) mass is 1330 g/mol. The number of rotatable bonds is 9. The van der Waals surface area contributed by atoms with Crippen molar-refractivity contribution < 1.29 is 34.1 Å². The second-order valence-electron chi connectivity index (χ2n) is 37.1. The van der Waals surface area contributed by atoms with E-state index in [1.165, 1.54) is 139 Å². The van der Waals surface area contributed by atoms with E-state index in [1.807, 2.05) is 24.6 Å². The maximum Gasteiger partial charge on any atom is 0.159 e. The van der Waals surface area contributed by atoms with Crippen molar-refractivity contribution in [2.45, 2.75) is 277 Å². The molecule has 0 unspecified atom stereocenters. The van der Waals surface area contributed by atoms with E-state index in [0.29, 0.717) is 47.3 Å². The highest BCUT2D eigenvalue weighted by Gasteiger charge is 2.62. The lowest BCUT2D eigenvalue weighted by atomic mass is 9.49. The Morgan fingerprint density at radius 3 is 1.44 bits per heavy atom. The third-order valence-corrected chi connectivity index (χ3v) is 31.7. The number of aliphatic hydroxyl groups is 3. The number of fused-ring (bicyclic) bond motifs is 18. The average molecular weight is 1330 g/mol. The quantitative estimate of drug-likeness (QED) is 0.127. The molecule has 14 nitrogen and oxygen atoms in total. The molecule has 0 bridgehead atoms. The van der Waals surface area contributed by atoms with E-state index < -0.39 is 16.8 Å². The molecule has 24 atom stereocenters. The second kappa shape index (κ2) is 25.4. The lowest BCUT2D eigenvalue weighted by molar-refractivity contribution is -0.133. The van der Waals surface area contributed by atoms with Crippen LogP contribution in [0.2, 0.25) is 0 Å². The largest absolute Gasteiger partial charge is 0.390 e. The fourth-order valence-electron chi connectivity index (χ4n) is 27.3. The second-order valence-corrected chi connectivity index (χ2v) is 37.1. The number of nitrogens with zero attached hydrogens (tertiary/aromatic N) is 8. The first kappa shape index (κ1) is 66.8. The highest BCUT2D eigenvalue weighted by Crippen LogP contribution is 2.68. The summed E-state index contributed by atoms with van der Waals surface area (Å²) in [6.07, 6.45) is 43.2. The predicted molar refractivity (Wildman–Crippen MR) is 373 cm³/mol. The van der Waals surface area contributed by atoms with Crippen LogP contribution in [0.3, 0.4) is 0 Å². The Balaban J connectivity index is 0.000000114. The highest BCUT2D eigenvalue weighted by atomic mass is 19.1. The minimum absolute atomic E-state index is 0.0828. The summed E-state index contributed by atoms with van der Waals surface area (Å²) in [5.74, 6) is 12.5. The fourth-order valence-corrected chi connectivity index (χ4v) is 27.3. The van der Waals surface area contributed by atoms with E-state index in [1.54, 1.807) is 34.1 Å². The van der Waals surface area contributed by atoms with Crippen molar-refractivity contribution in [2.75, 3.05) is 0 Å². The lowest BCUT2D eigenvalue weighted by Gasteiger charge is -2.56. The van der Waals surface area contributed by atoms with Crippen LogP contribution in [0.4, 0.5) is 4.39 Å². The molecule has 15 heteroatoms. The van der Waals surface area contributed by atoms with E-state index in [-0.39, 0.29) is 58.7 Å². The zero-order chi connectivity index (χ0) is 67.1. The first-order chi connectivity index (χ1) is 46.4. The topological polar surface area (TPSA) is 191 Å². The number of aromatic nitrogens is 8. The first-order valence-electron chi connectivity index (χ1n) is 39.5. The van der Waals surface area contributed by atoms with Gasteiger partial charge < -0.3 is 15.3 Å². The zero-order valence-electron chi connectivity index (χ0n) is 59.6. The smallest absolute Gasteiger partial charge is 0.159 e. The number of pyridine rings is 1. The lowest BCUT2D eigenvalue weighted by Crippen LogP contribution is -2.51. The van der Waals surface area contributed by atoms with E-state index >= 15 is 0 Å². The van der Waals surface area contributed by atoms with Crippen molar-refractivity contribution in [3.05, 3.63) is 66.1 Å². The van der Waals surface area contributed by atoms with Gasteiger partial charge in [0.05, 0.1) is 47.0 Å². The molecule has 12 fully saturated rings. The molecule has 0 spiro atoms. The summed E-state index contributed by atoms with van der Waals surface area (Å²) in [5.41, 5.74) is 3.91. The molecule has 0 amide bonds. The first-order valence-corrected chi connectivity index (χ1v) is 39.5. The van der Waals surface area contributed by atoms with E-state index in [0.717, 1.165) is 165 Å². The molecule has 3 N–H and O–H groups in total. The number of ketones is 3. The summed E-state index contributed by atoms with van der Waals surface area (Å²) in [7, 11) is 0. The Bertz CT molecular complexity index is 3700. The Labute approximate surface area is 576 Å². The summed E-state index contributed by atoms with van der Waals surface area (Å²) in [6, 6.07) is 6.51. The molecule has 1 aromatic carbocycles. The van der Waals surface area contributed by atoms with Crippen LogP contribution in [0.1, 0.15) is 239 Å². The molecule has 97 heavy (non-hydrogen) atoms. The van der Waals surface area contributed by atoms with E-state index in [4.69, 9.17) is 5.10 Å². The molecule has 18 rings (SSSR count). The molecular weight excluding hydrogens is 1210 g/mol. The van der Waals surface area contributed by atoms with Crippen LogP contribution in [-0.2, 0) is 46.9 Å². The van der Waals surface area contributed by atoms with Gasteiger partial charge >= 0.3 is 0 Å². The van der Waals surface area contributed by atoms with Crippen molar-refractivity contribution >= 4 is 39.3 Å². The standard InChI is InChI=1S/C28H37FN2O2.C28H42N2O2.C26H36N4O2/c1-27(33)11-9-20-17(14-27)4-6-22-21(20)10-12-28(2)23(22)7-8-24(28)26(32)16-31-25-13-19(29)5-3-18(25)15-30-31;1-27(32)13-11-20-18(15-27)7-8-22-21(20)12-14-28(2)23(22)9-10-24(28)26(31)17-30-16-19-5-3-4-6-25(19)29-30;1-25(32)10-7-17-16(13-25)3-4-19-18(17)8-11-26(2)20(19)5-6-21(26)24(31)15-30-28-22-9-12-27-14-23(22)29-30/h3,5,13,15,17,20-24,33H,4,6-12,14,16H2,1-2H3;16,18,20-24,32H,3-15,17H2,1-2H3;9,12,14,16-21,32H,3-8,10-11,13,15H2,1-2H3/t17-,20+,21-,22-,23+,24-,27-,28+;18-,20+,21-,22-,23+,24-,27-,28+;16-,17+,18-,19-,20+,21-,25-,26+/m111/s1. The SMILES string of the molecule is C[C@@]1(O)CC[C@H]2[C@H](CC[C@@H]3[C@@H]2CC[C@]2(C)[C@@H](C(=O)Cn4cc5c(n4)CCCC5)CC[C@@H]32)C1.C[C@@]1(O)CC[C@H]2[C@H](CC[C@@H]3[C@@H]2CC[C@]2(C)[C@@H](C(=O)Cn4nc5ccncc5n4)CC[C@@H]32)C1.C[C@@]1(O)CC[C@H]2[C@H](CC[C@@H]3[C@@H]2CC[C@]2(C)[C@@H](C(=O)Cn4ncc5ccc(F)cc54)CC[C@@H]32)C1. The minimum atomic E-state index is -0.471. The average Bonchev–Trinajstić information content (AvgIpc) is 1.70. The number of hydrogen-bond acceptors (Lipinski definition) is 11. The summed E-state index contributed by atoms with van der Waals surface area (Å²) in [4.78, 5) is 46.3. The van der Waals surface area contributed by atoms with Crippen molar-refractivity contribution in [3.63, 3.8) is 0 Å². The molecule has 0 aliphatic heterocycles. The summed E-state index contributed by atoms with van der Waals surface area (Å²) >= 11 is 0. The number of aryl methyl sites for hydroxylation is 2. The Morgan fingerprint density at radius 1 is 0.485 bits per heavy atom. The fraction of sp³-hybridized carbons (Fsp3) is 0.780. The van der Waals surface area contributed by atoms with Crippen molar-refractivity contribution in [3.8, 4) is 0 Å². The van der Waals surface area contributed by atoms with Crippen LogP contribution in [0, 0.1) is 129 Å². The molecule has 13 aliphatic carbocycles. The maximum atomic E-state index is 13.8. The van der Waals surface area contributed by atoms with Gasteiger partial charge in [-0.2, -0.15) is 25.2 Å². The van der Waals surface area contributed by atoms with E-state index in [9.17, 15) is 34.1 Å². The molecule has 5 aromatic rings. The molecular formula is C82H115FN8O6.